The van der Waals surface area contributed by atoms with E-state index in [0.717, 1.165) is 11.4 Å². The number of para-hydroxylation sites is 1. The van der Waals surface area contributed by atoms with Crippen LogP contribution in [0.3, 0.4) is 0 Å². The lowest BCUT2D eigenvalue weighted by Crippen LogP contribution is -2.07. The van der Waals surface area contributed by atoms with Crippen LogP contribution >= 0.6 is 0 Å². The molecule has 1 aliphatic carbocycles. The quantitative estimate of drug-likeness (QED) is 0.496. The van der Waals surface area contributed by atoms with Crippen molar-refractivity contribution < 1.29 is 0 Å². The fourth-order valence-electron chi connectivity index (χ4n) is 3.73. The summed E-state index contributed by atoms with van der Waals surface area (Å²) in [6.45, 7) is 4.33. The summed E-state index contributed by atoms with van der Waals surface area (Å²) in [7, 11) is 0. The van der Waals surface area contributed by atoms with Crippen molar-refractivity contribution in [1.82, 2.24) is 0 Å². The fourth-order valence-corrected chi connectivity index (χ4v) is 3.73. The van der Waals surface area contributed by atoms with Gasteiger partial charge in [-0.15, -0.1) is 0 Å². The first-order valence-corrected chi connectivity index (χ1v) is 8.71. The maximum absolute atomic E-state index is 4.84. The van der Waals surface area contributed by atoms with E-state index in [2.05, 4.69) is 68.5 Å². The normalized spacial score (nSPS) is 16.5. The third-order valence-electron chi connectivity index (χ3n) is 4.86. The standard InChI is InChI=1S/C24H21N/c1-17-16-19-10-6-7-14-22(19)24(17)23-15-9-8-13-21(23)18(2)25-20-11-4-3-5-12-20/h3-16,24H,1-2H3/b25-18+. The van der Waals surface area contributed by atoms with Crippen molar-refractivity contribution in [2.45, 2.75) is 19.8 Å². The van der Waals surface area contributed by atoms with Gasteiger partial charge in [-0.25, -0.2) is 0 Å². The first-order valence-electron chi connectivity index (χ1n) is 8.71. The van der Waals surface area contributed by atoms with Crippen LogP contribution in [0.1, 0.15) is 42.0 Å². The molecule has 0 amide bonds. The number of aliphatic imine (C=N–C) groups is 1. The van der Waals surface area contributed by atoms with Gasteiger partial charge >= 0.3 is 0 Å². The Labute approximate surface area is 149 Å². The minimum absolute atomic E-state index is 0.313. The summed E-state index contributed by atoms with van der Waals surface area (Å²) in [5.41, 5.74) is 8.71. The fraction of sp³-hybridized carbons (Fsp3) is 0.125. The van der Waals surface area contributed by atoms with Crippen LogP contribution in [-0.4, -0.2) is 5.71 Å². The Hall–Kier alpha value is -2.93. The Morgan fingerprint density at radius 1 is 0.760 bits per heavy atom. The van der Waals surface area contributed by atoms with Crippen molar-refractivity contribution in [3.63, 3.8) is 0 Å². The third-order valence-corrected chi connectivity index (χ3v) is 4.86. The summed E-state index contributed by atoms with van der Waals surface area (Å²) in [5.74, 6) is 0.313. The molecule has 0 saturated heterocycles. The lowest BCUT2D eigenvalue weighted by molar-refractivity contribution is 0.972. The number of fused-ring (bicyclic) bond motifs is 1. The number of benzene rings is 3. The van der Waals surface area contributed by atoms with Gasteiger partial charge in [0.05, 0.1) is 5.69 Å². The second-order valence-corrected chi connectivity index (χ2v) is 6.57. The average molecular weight is 323 g/mol. The molecule has 1 atom stereocenters. The molecule has 0 saturated carbocycles. The van der Waals surface area contributed by atoms with Crippen LogP contribution in [-0.2, 0) is 0 Å². The van der Waals surface area contributed by atoms with Crippen LogP contribution < -0.4 is 0 Å². The SMILES string of the molecule is CC1=Cc2ccccc2C1c1ccccc1/C(C)=N/c1ccccc1. The van der Waals surface area contributed by atoms with Crippen LogP contribution in [0.25, 0.3) is 6.08 Å². The molecule has 0 spiro atoms. The highest BCUT2D eigenvalue weighted by Gasteiger charge is 2.26. The molecule has 0 radical (unpaired) electrons. The lowest BCUT2D eigenvalue weighted by Gasteiger charge is -2.19. The zero-order chi connectivity index (χ0) is 17.2. The van der Waals surface area contributed by atoms with E-state index >= 15 is 0 Å². The average Bonchev–Trinajstić information content (AvgIpc) is 2.98. The second kappa shape index (κ2) is 6.52. The minimum atomic E-state index is 0.313. The van der Waals surface area contributed by atoms with Crippen LogP contribution in [0.15, 0.2) is 89.4 Å². The van der Waals surface area contributed by atoms with Crippen molar-refractivity contribution in [1.29, 1.82) is 0 Å². The minimum Gasteiger partial charge on any atom is -0.253 e. The zero-order valence-corrected chi connectivity index (χ0v) is 14.6. The van der Waals surface area contributed by atoms with Crippen molar-refractivity contribution in [3.05, 3.63) is 107 Å². The Morgan fingerprint density at radius 3 is 2.20 bits per heavy atom. The van der Waals surface area contributed by atoms with Crippen LogP contribution in [0.2, 0.25) is 0 Å². The van der Waals surface area contributed by atoms with E-state index in [-0.39, 0.29) is 0 Å². The highest BCUT2D eigenvalue weighted by Crippen LogP contribution is 2.41. The monoisotopic (exact) mass is 323 g/mol. The largest absolute Gasteiger partial charge is 0.253 e. The first kappa shape index (κ1) is 15.6. The van der Waals surface area contributed by atoms with Gasteiger partial charge in [0.1, 0.15) is 0 Å². The number of nitrogens with zero attached hydrogens (tertiary/aromatic N) is 1. The topological polar surface area (TPSA) is 12.4 Å². The summed E-state index contributed by atoms with van der Waals surface area (Å²) >= 11 is 0. The molecule has 1 unspecified atom stereocenters. The molecule has 1 nitrogen and oxygen atoms in total. The highest BCUT2D eigenvalue weighted by molar-refractivity contribution is 6.02. The maximum atomic E-state index is 4.84. The number of hydrogen-bond acceptors (Lipinski definition) is 1. The molecule has 3 aromatic carbocycles. The van der Waals surface area contributed by atoms with E-state index in [9.17, 15) is 0 Å². The van der Waals surface area contributed by atoms with Gasteiger partial charge in [-0.2, -0.15) is 0 Å². The zero-order valence-electron chi connectivity index (χ0n) is 14.6. The molecule has 0 fully saturated rings. The Morgan fingerprint density at radius 2 is 1.40 bits per heavy atom. The Balaban J connectivity index is 1.81. The molecule has 3 aromatic rings. The summed E-state index contributed by atoms with van der Waals surface area (Å²) in [6, 6.07) is 27.5. The molecule has 0 aromatic heterocycles. The van der Waals surface area contributed by atoms with Gasteiger partial charge in [-0.1, -0.05) is 78.4 Å². The molecule has 0 heterocycles. The van der Waals surface area contributed by atoms with E-state index in [0.29, 0.717) is 5.92 Å². The van der Waals surface area contributed by atoms with Gasteiger partial charge in [-0.3, -0.25) is 4.99 Å². The molecule has 1 heteroatoms. The van der Waals surface area contributed by atoms with Crippen molar-refractivity contribution in [3.8, 4) is 0 Å². The van der Waals surface area contributed by atoms with Crippen molar-refractivity contribution in [2.75, 3.05) is 0 Å². The van der Waals surface area contributed by atoms with Crippen molar-refractivity contribution in [2.24, 2.45) is 4.99 Å². The van der Waals surface area contributed by atoms with Gasteiger partial charge in [0.15, 0.2) is 0 Å². The molecule has 0 N–H and O–H groups in total. The van der Waals surface area contributed by atoms with Gasteiger partial charge in [0.2, 0.25) is 0 Å². The molecular weight excluding hydrogens is 302 g/mol. The molecule has 25 heavy (non-hydrogen) atoms. The van der Waals surface area contributed by atoms with Crippen LogP contribution in [0.4, 0.5) is 5.69 Å². The summed E-state index contributed by atoms with van der Waals surface area (Å²) in [6.07, 6.45) is 2.31. The maximum Gasteiger partial charge on any atom is 0.0633 e. The number of rotatable bonds is 3. The predicted octanol–water partition coefficient (Wildman–Crippen LogP) is 6.38. The predicted molar refractivity (Wildman–Crippen MR) is 107 cm³/mol. The van der Waals surface area contributed by atoms with Crippen LogP contribution in [0.5, 0.6) is 0 Å². The molecule has 0 aliphatic heterocycles. The summed E-state index contributed by atoms with van der Waals surface area (Å²) < 4.78 is 0. The second-order valence-electron chi connectivity index (χ2n) is 6.57. The van der Waals surface area contributed by atoms with E-state index in [1.54, 1.807) is 0 Å². The number of hydrogen-bond donors (Lipinski definition) is 0. The van der Waals surface area contributed by atoms with E-state index in [1.165, 1.54) is 27.8 Å². The Bertz CT molecular complexity index is 964. The van der Waals surface area contributed by atoms with E-state index in [4.69, 9.17) is 4.99 Å². The molecule has 4 rings (SSSR count). The summed E-state index contributed by atoms with van der Waals surface area (Å²) in [4.78, 5) is 4.84. The third kappa shape index (κ3) is 2.94. The number of allylic oxidation sites excluding steroid dienone is 1. The van der Waals surface area contributed by atoms with Gasteiger partial charge in [-0.05, 0) is 48.2 Å². The van der Waals surface area contributed by atoms with Crippen LogP contribution in [0, 0.1) is 0 Å². The van der Waals surface area contributed by atoms with Gasteiger partial charge in [0.25, 0.3) is 0 Å². The smallest absolute Gasteiger partial charge is 0.0633 e. The Kier molecular flexibility index (Phi) is 4.07. The molecule has 1 aliphatic rings. The molecular formula is C24H21N. The summed E-state index contributed by atoms with van der Waals surface area (Å²) in [5, 5.41) is 0. The highest BCUT2D eigenvalue weighted by atomic mass is 14.7. The van der Waals surface area contributed by atoms with E-state index in [1.807, 2.05) is 30.3 Å². The molecule has 122 valence electrons. The van der Waals surface area contributed by atoms with Gasteiger partial charge < -0.3 is 0 Å². The van der Waals surface area contributed by atoms with Gasteiger partial charge in [0, 0.05) is 11.6 Å². The lowest BCUT2D eigenvalue weighted by atomic mass is 9.85. The van der Waals surface area contributed by atoms with E-state index < -0.39 is 0 Å². The van der Waals surface area contributed by atoms with Crippen molar-refractivity contribution >= 4 is 17.5 Å². The molecule has 0 bridgehead atoms. The first-order chi connectivity index (χ1) is 12.2.